The van der Waals surface area contributed by atoms with Gasteiger partial charge in [0.05, 0.1) is 0 Å². The fourth-order valence-corrected chi connectivity index (χ4v) is 3.75. The first-order valence-corrected chi connectivity index (χ1v) is 8.23. The molecule has 2 saturated carbocycles. The van der Waals surface area contributed by atoms with Gasteiger partial charge in [-0.25, -0.2) is 0 Å². The van der Waals surface area contributed by atoms with Gasteiger partial charge in [0.2, 0.25) is 0 Å². The maximum atomic E-state index is 3.73. The van der Waals surface area contributed by atoms with Crippen molar-refractivity contribution in [2.45, 2.75) is 76.8 Å². The Morgan fingerprint density at radius 1 is 1.00 bits per heavy atom. The van der Waals surface area contributed by atoms with Crippen LogP contribution in [0.4, 0.5) is 0 Å². The van der Waals surface area contributed by atoms with Crippen LogP contribution >= 0.6 is 0 Å². The Kier molecular flexibility index (Phi) is 5.97. The molecule has 2 fully saturated rings. The van der Waals surface area contributed by atoms with Gasteiger partial charge in [-0.3, -0.25) is 0 Å². The summed E-state index contributed by atoms with van der Waals surface area (Å²) >= 11 is 0. The summed E-state index contributed by atoms with van der Waals surface area (Å²) in [5, 5.41) is 3.73. The van der Waals surface area contributed by atoms with Crippen molar-refractivity contribution in [1.82, 2.24) is 10.2 Å². The summed E-state index contributed by atoms with van der Waals surface area (Å²) in [6, 6.07) is 1.69. The van der Waals surface area contributed by atoms with Crippen LogP contribution in [0.15, 0.2) is 0 Å². The monoisotopic (exact) mass is 252 g/mol. The standard InChI is InChI=1S/C16H32N2/c1-3-14-8-10-16(11-9-14)18(2)13-12-17-15-6-4-5-7-15/h14-17H,3-13H2,1-2H3. The van der Waals surface area contributed by atoms with Crippen molar-refractivity contribution in [3.63, 3.8) is 0 Å². The van der Waals surface area contributed by atoms with Crippen molar-refractivity contribution >= 4 is 0 Å². The average molecular weight is 252 g/mol. The lowest BCUT2D eigenvalue weighted by molar-refractivity contribution is 0.163. The highest BCUT2D eigenvalue weighted by atomic mass is 15.1. The Balaban J connectivity index is 1.58. The highest BCUT2D eigenvalue weighted by Gasteiger charge is 2.23. The van der Waals surface area contributed by atoms with E-state index in [2.05, 4.69) is 24.2 Å². The fourth-order valence-electron chi connectivity index (χ4n) is 3.75. The normalized spacial score (nSPS) is 30.2. The van der Waals surface area contributed by atoms with E-state index < -0.39 is 0 Å². The van der Waals surface area contributed by atoms with Crippen LogP contribution in [0.25, 0.3) is 0 Å². The Morgan fingerprint density at radius 2 is 1.67 bits per heavy atom. The van der Waals surface area contributed by atoms with Crippen molar-refractivity contribution in [2.75, 3.05) is 20.1 Å². The maximum Gasteiger partial charge on any atom is 0.0107 e. The van der Waals surface area contributed by atoms with Crippen LogP contribution in [0.2, 0.25) is 0 Å². The van der Waals surface area contributed by atoms with Gasteiger partial charge in [-0.15, -0.1) is 0 Å². The predicted molar refractivity (Wildman–Crippen MR) is 78.9 cm³/mol. The van der Waals surface area contributed by atoms with E-state index in [0.717, 1.165) is 18.0 Å². The second-order valence-corrected chi connectivity index (χ2v) is 6.50. The number of nitrogens with zero attached hydrogens (tertiary/aromatic N) is 1. The summed E-state index contributed by atoms with van der Waals surface area (Å²) in [6.45, 7) is 4.77. The zero-order valence-electron chi connectivity index (χ0n) is 12.5. The number of hydrogen-bond donors (Lipinski definition) is 1. The molecule has 0 atom stereocenters. The molecule has 2 aliphatic carbocycles. The summed E-state index contributed by atoms with van der Waals surface area (Å²) in [7, 11) is 2.33. The van der Waals surface area contributed by atoms with Crippen molar-refractivity contribution in [2.24, 2.45) is 5.92 Å². The lowest BCUT2D eigenvalue weighted by Crippen LogP contribution is -2.40. The van der Waals surface area contributed by atoms with E-state index in [1.165, 1.54) is 70.9 Å². The number of nitrogens with one attached hydrogen (secondary N) is 1. The lowest BCUT2D eigenvalue weighted by atomic mass is 9.84. The highest BCUT2D eigenvalue weighted by Crippen LogP contribution is 2.28. The zero-order chi connectivity index (χ0) is 12.8. The van der Waals surface area contributed by atoms with Crippen LogP contribution in [-0.2, 0) is 0 Å². The molecular formula is C16H32N2. The topological polar surface area (TPSA) is 15.3 Å². The molecule has 0 saturated heterocycles. The molecule has 0 heterocycles. The Bertz CT molecular complexity index is 215. The summed E-state index contributed by atoms with van der Waals surface area (Å²) in [4.78, 5) is 2.60. The molecule has 1 N–H and O–H groups in total. The summed E-state index contributed by atoms with van der Waals surface area (Å²) in [5.41, 5.74) is 0. The minimum absolute atomic E-state index is 0.828. The third-order valence-electron chi connectivity index (χ3n) is 5.27. The van der Waals surface area contributed by atoms with E-state index in [4.69, 9.17) is 0 Å². The second kappa shape index (κ2) is 7.49. The largest absolute Gasteiger partial charge is 0.313 e. The molecule has 2 heteroatoms. The van der Waals surface area contributed by atoms with Crippen LogP contribution in [0.5, 0.6) is 0 Å². The van der Waals surface area contributed by atoms with E-state index >= 15 is 0 Å². The van der Waals surface area contributed by atoms with Gasteiger partial charge in [0.1, 0.15) is 0 Å². The second-order valence-electron chi connectivity index (χ2n) is 6.50. The third kappa shape index (κ3) is 4.24. The molecule has 0 aromatic carbocycles. The van der Waals surface area contributed by atoms with Crippen molar-refractivity contribution < 1.29 is 0 Å². The van der Waals surface area contributed by atoms with Crippen LogP contribution in [-0.4, -0.2) is 37.1 Å². The molecule has 0 unspecified atom stereocenters. The van der Waals surface area contributed by atoms with E-state index in [-0.39, 0.29) is 0 Å². The van der Waals surface area contributed by atoms with E-state index in [1.807, 2.05) is 0 Å². The Hall–Kier alpha value is -0.0800. The Morgan fingerprint density at radius 3 is 2.28 bits per heavy atom. The summed E-state index contributed by atoms with van der Waals surface area (Å²) in [5.74, 6) is 1.02. The molecule has 106 valence electrons. The van der Waals surface area contributed by atoms with Crippen molar-refractivity contribution in [1.29, 1.82) is 0 Å². The fraction of sp³-hybridized carbons (Fsp3) is 1.00. The van der Waals surface area contributed by atoms with Crippen LogP contribution in [0, 0.1) is 5.92 Å². The SMILES string of the molecule is CCC1CCC(N(C)CCNC2CCCC2)CC1. The smallest absolute Gasteiger partial charge is 0.0107 e. The van der Waals surface area contributed by atoms with Gasteiger partial charge in [-0.1, -0.05) is 26.2 Å². The Labute approximate surface area is 114 Å². The maximum absolute atomic E-state index is 3.73. The zero-order valence-corrected chi connectivity index (χ0v) is 12.5. The molecule has 0 aromatic heterocycles. The summed E-state index contributed by atoms with van der Waals surface area (Å²) in [6.07, 6.45) is 12.9. The first-order chi connectivity index (χ1) is 8.79. The van der Waals surface area contributed by atoms with Crippen LogP contribution in [0.1, 0.15) is 64.7 Å². The molecule has 0 spiro atoms. The quantitative estimate of drug-likeness (QED) is 0.779. The first kappa shape index (κ1) is 14.3. The molecule has 18 heavy (non-hydrogen) atoms. The molecule has 2 aliphatic rings. The third-order valence-corrected chi connectivity index (χ3v) is 5.27. The van der Waals surface area contributed by atoms with Gasteiger partial charge in [0.25, 0.3) is 0 Å². The first-order valence-electron chi connectivity index (χ1n) is 8.23. The number of hydrogen-bond acceptors (Lipinski definition) is 2. The highest BCUT2D eigenvalue weighted by molar-refractivity contribution is 4.79. The van der Waals surface area contributed by atoms with Crippen LogP contribution in [0.3, 0.4) is 0 Å². The van der Waals surface area contributed by atoms with Gasteiger partial charge in [-0.2, -0.15) is 0 Å². The van der Waals surface area contributed by atoms with Crippen molar-refractivity contribution in [3.8, 4) is 0 Å². The van der Waals surface area contributed by atoms with Gasteiger partial charge in [0, 0.05) is 25.2 Å². The van der Waals surface area contributed by atoms with Crippen LogP contribution < -0.4 is 5.32 Å². The molecule has 2 nitrogen and oxygen atoms in total. The molecular weight excluding hydrogens is 220 g/mol. The molecule has 0 aromatic rings. The van der Waals surface area contributed by atoms with Gasteiger partial charge < -0.3 is 10.2 Å². The molecule has 0 amide bonds. The average Bonchev–Trinajstić information content (AvgIpc) is 2.92. The van der Waals surface area contributed by atoms with Crippen molar-refractivity contribution in [3.05, 3.63) is 0 Å². The lowest BCUT2D eigenvalue weighted by Gasteiger charge is -2.34. The minimum atomic E-state index is 0.828. The molecule has 0 aliphatic heterocycles. The molecule has 2 rings (SSSR count). The van der Waals surface area contributed by atoms with Gasteiger partial charge >= 0.3 is 0 Å². The van der Waals surface area contributed by atoms with E-state index in [9.17, 15) is 0 Å². The number of rotatable bonds is 6. The summed E-state index contributed by atoms with van der Waals surface area (Å²) < 4.78 is 0. The minimum Gasteiger partial charge on any atom is -0.313 e. The number of likely N-dealkylation sites (N-methyl/N-ethyl adjacent to an activating group) is 1. The molecule has 0 bridgehead atoms. The van der Waals surface area contributed by atoms with E-state index in [1.54, 1.807) is 0 Å². The van der Waals surface area contributed by atoms with Gasteiger partial charge in [-0.05, 0) is 51.5 Å². The molecule has 0 radical (unpaired) electrons. The predicted octanol–water partition coefficient (Wildman–Crippen LogP) is 3.42. The van der Waals surface area contributed by atoms with Gasteiger partial charge in [0.15, 0.2) is 0 Å². The van der Waals surface area contributed by atoms with E-state index in [0.29, 0.717) is 0 Å².